The molecular weight excluding hydrogens is 416 g/mol. The molecule has 0 aliphatic carbocycles. The lowest BCUT2D eigenvalue weighted by atomic mass is 10.1. The van der Waals surface area contributed by atoms with Crippen molar-refractivity contribution in [3.63, 3.8) is 0 Å². The minimum Gasteiger partial charge on any atom is -0.450 e. The standard InChI is InChI=1S/C18H26N4O7S/c1-5-29-18(24)20-10-8-19(9-11-20)17(23)14(3)21(30(4,27)28)16-12-15(22(25)26)7-6-13(16)2/h6-7,12,14H,5,8-11H2,1-4H3. The summed E-state index contributed by atoms with van der Waals surface area (Å²) < 4.78 is 30.9. The first-order chi connectivity index (χ1) is 14.0. The summed E-state index contributed by atoms with van der Waals surface area (Å²) >= 11 is 0. The number of sulfonamides is 1. The van der Waals surface area contributed by atoms with Gasteiger partial charge in [0.15, 0.2) is 0 Å². The van der Waals surface area contributed by atoms with Crippen LogP contribution in [0, 0.1) is 17.0 Å². The third-order valence-electron chi connectivity index (χ3n) is 4.82. The Morgan fingerprint density at radius 2 is 1.80 bits per heavy atom. The maximum atomic E-state index is 13.0. The zero-order chi connectivity index (χ0) is 22.6. The van der Waals surface area contributed by atoms with Crippen LogP contribution in [0.5, 0.6) is 0 Å². The van der Waals surface area contributed by atoms with Gasteiger partial charge in [0.2, 0.25) is 15.9 Å². The van der Waals surface area contributed by atoms with Crippen molar-refractivity contribution >= 4 is 33.4 Å². The number of carbonyl (C=O) groups is 2. The lowest BCUT2D eigenvalue weighted by Crippen LogP contribution is -2.56. The SMILES string of the molecule is CCOC(=O)N1CCN(C(=O)C(C)N(c2cc([N+](=O)[O-])ccc2C)S(C)(=O)=O)CC1. The summed E-state index contributed by atoms with van der Waals surface area (Å²) in [5.41, 5.74) is 0.294. The van der Waals surface area contributed by atoms with Gasteiger partial charge in [0.1, 0.15) is 6.04 Å². The first-order valence-electron chi connectivity index (χ1n) is 9.42. The Bertz CT molecular complexity index is 926. The number of nitro groups is 1. The Morgan fingerprint density at radius 3 is 2.30 bits per heavy atom. The summed E-state index contributed by atoms with van der Waals surface area (Å²) in [5.74, 6) is -0.449. The lowest BCUT2D eigenvalue weighted by Gasteiger charge is -2.37. The molecule has 1 aromatic carbocycles. The van der Waals surface area contributed by atoms with Crippen molar-refractivity contribution in [2.75, 3.05) is 43.3 Å². The van der Waals surface area contributed by atoms with Crippen LogP contribution >= 0.6 is 0 Å². The molecule has 166 valence electrons. The number of hydrogen-bond acceptors (Lipinski definition) is 7. The van der Waals surface area contributed by atoms with Crippen LogP contribution in [-0.2, 0) is 19.6 Å². The van der Waals surface area contributed by atoms with Crippen molar-refractivity contribution in [1.82, 2.24) is 9.80 Å². The predicted octanol–water partition coefficient (Wildman–Crippen LogP) is 1.36. The minimum absolute atomic E-state index is 0.0812. The molecule has 2 rings (SSSR count). The molecule has 1 saturated heterocycles. The van der Waals surface area contributed by atoms with Crippen molar-refractivity contribution in [3.05, 3.63) is 33.9 Å². The Morgan fingerprint density at radius 1 is 1.23 bits per heavy atom. The fourth-order valence-electron chi connectivity index (χ4n) is 3.31. The number of ether oxygens (including phenoxy) is 1. The monoisotopic (exact) mass is 442 g/mol. The highest BCUT2D eigenvalue weighted by atomic mass is 32.2. The summed E-state index contributed by atoms with van der Waals surface area (Å²) in [6.07, 6.45) is 0.496. The second kappa shape index (κ2) is 9.28. The number of piperazine rings is 1. The smallest absolute Gasteiger partial charge is 0.409 e. The van der Waals surface area contributed by atoms with Gasteiger partial charge in [-0.1, -0.05) is 6.07 Å². The number of aryl methyl sites for hydroxylation is 1. The fraction of sp³-hybridized carbons (Fsp3) is 0.556. The van der Waals surface area contributed by atoms with Crippen LogP contribution in [0.15, 0.2) is 18.2 Å². The van der Waals surface area contributed by atoms with E-state index in [1.54, 1.807) is 13.8 Å². The quantitative estimate of drug-likeness (QED) is 0.480. The van der Waals surface area contributed by atoms with E-state index in [2.05, 4.69) is 0 Å². The first-order valence-corrected chi connectivity index (χ1v) is 11.3. The number of benzene rings is 1. The Balaban J connectivity index is 2.26. The van der Waals surface area contributed by atoms with Gasteiger partial charge in [-0.25, -0.2) is 13.2 Å². The van der Waals surface area contributed by atoms with Crippen LogP contribution in [0.1, 0.15) is 19.4 Å². The molecule has 0 bridgehead atoms. The molecule has 2 amide bonds. The van der Waals surface area contributed by atoms with Gasteiger partial charge in [-0.3, -0.25) is 19.2 Å². The number of nitro benzene ring substituents is 1. The minimum atomic E-state index is -3.92. The molecule has 1 fully saturated rings. The third kappa shape index (κ3) is 5.17. The van der Waals surface area contributed by atoms with E-state index >= 15 is 0 Å². The van der Waals surface area contributed by atoms with E-state index in [-0.39, 0.29) is 44.2 Å². The van der Waals surface area contributed by atoms with Gasteiger partial charge in [-0.2, -0.15) is 0 Å². The normalized spacial score (nSPS) is 15.5. The molecule has 1 aliphatic heterocycles. The van der Waals surface area contributed by atoms with Crippen molar-refractivity contribution in [2.45, 2.75) is 26.8 Å². The molecule has 12 heteroatoms. The van der Waals surface area contributed by atoms with Gasteiger partial charge in [-0.05, 0) is 26.3 Å². The highest BCUT2D eigenvalue weighted by molar-refractivity contribution is 7.92. The highest BCUT2D eigenvalue weighted by Gasteiger charge is 2.35. The predicted molar refractivity (Wildman–Crippen MR) is 110 cm³/mol. The van der Waals surface area contributed by atoms with Crippen molar-refractivity contribution < 1.29 is 27.7 Å². The van der Waals surface area contributed by atoms with Gasteiger partial charge in [0.25, 0.3) is 5.69 Å². The van der Waals surface area contributed by atoms with Crippen molar-refractivity contribution in [2.24, 2.45) is 0 Å². The molecule has 0 aromatic heterocycles. The molecule has 1 heterocycles. The number of carbonyl (C=O) groups excluding carboxylic acids is 2. The Labute approximate surface area is 175 Å². The highest BCUT2D eigenvalue weighted by Crippen LogP contribution is 2.29. The van der Waals surface area contributed by atoms with E-state index in [1.807, 2.05) is 0 Å². The van der Waals surface area contributed by atoms with Gasteiger partial charge < -0.3 is 14.5 Å². The summed E-state index contributed by atoms with van der Waals surface area (Å²) in [6, 6.07) is 2.76. The molecule has 0 saturated carbocycles. The zero-order valence-corrected chi connectivity index (χ0v) is 18.2. The van der Waals surface area contributed by atoms with Gasteiger partial charge >= 0.3 is 6.09 Å². The van der Waals surface area contributed by atoms with Crippen LogP contribution in [0.2, 0.25) is 0 Å². The molecule has 1 unspecified atom stereocenters. The fourth-order valence-corrected chi connectivity index (χ4v) is 4.53. The second-order valence-corrected chi connectivity index (χ2v) is 8.83. The van der Waals surface area contributed by atoms with Crippen LogP contribution in [0.4, 0.5) is 16.2 Å². The molecule has 1 atom stereocenters. The van der Waals surface area contributed by atoms with E-state index < -0.39 is 33.0 Å². The van der Waals surface area contributed by atoms with Gasteiger partial charge in [0, 0.05) is 38.3 Å². The average Bonchev–Trinajstić information content (AvgIpc) is 2.68. The number of non-ortho nitro benzene ring substituents is 1. The summed E-state index contributed by atoms with van der Waals surface area (Å²) in [6.45, 7) is 6.01. The zero-order valence-electron chi connectivity index (χ0n) is 17.4. The molecule has 1 aliphatic rings. The first kappa shape index (κ1) is 23.4. The van der Waals surface area contributed by atoms with E-state index in [0.717, 1.165) is 16.6 Å². The summed E-state index contributed by atoms with van der Waals surface area (Å²) in [5, 5.41) is 11.1. The lowest BCUT2D eigenvalue weighted by molar-refractivity contribution is -0.384. The summed E-state index contributed by atoms with van der Waals surface area (Å²) in [4.78, 5) is 38.3. The molecule has 0 radical (unpaired) electrons. The van der Waals surface area contributed by atoms with E-state index in [4.69, 9.17) is 4.74 Å². The third-order valence-corrected chi connectivity index (χ3v) is 6.05. The van der Waals surface area contributed by atoms with E-state index in [0.29, 0.717) is 5.56 Å². The van der Waals surface area contributed by atoms with E-state index in [9.17, 15) is 28.1 Å². The van der Waals surface area contributed by atoms with Crippen molar-refractivity contribution in [1.29, 1.82) is 0 Å². The Kier molecular flexibility index (Phi) is 7.24. The van der Waals surface area contributed by atoms with Crippen LogP contribution < -0.4 is 4.31 Å². The molecule has 1 aromatic rings. The van der Waals surface area contributed by atoms with Crippen LogP contribution in [0.3, 0.4) is 0 Å². The molecule has 0 N–H and O–H groups in total. The second-order valence-electron chi connectivity index (χ2n) is 6.97. The topological polar surface area (TPSA) is 130 Å². The van der Waals surface area contributed by atoms with Crippen LogP contribution in [0.25, 0.3) is 0 Å². The van der Waals surface area contributed by atoms with E-state index in [1.165, 1.54) is 28.9 Å². The molecule has 0 spiro atoms. The number of nitrogens with zero attached hydrogens (tertiary/aromatic N) is 4. The maximum absolute atomic E-state index is 13.0. The largest absolute Gasteiger partial charge is 0.450 e. The van der Waals surface area contributed by atoms with Crippen LogP contribution in [-0.4, -0.2) is 80.2 Å². The average molecular weight is 442 g/mol. The van der Waals surface area contributed by atoms with Gasteiger partial charge in [-0.15, -0.1) is 0 Å². The molecular formula is C18H26N4O7S. The number of anilines is 1. The molecule has 30 heavy (non-hydrogen) atoms. The number of amides is 2. The Hall–Kier alpha value is -2.89. The van der Waals surface area contributed by atoms with Crippen molar-refractivity contribution in [3.8, 4) is 0 Å². The van der Waals surface area contributed by atoms with Gasteiger partial charge in [0.05, 0.1) is 23.5 Å². The maximum Gasteiger partial charge on any atom is 0.409 e. The number of rotatable bonds is 6. The molecule has 11 nitrogen and oxygen atoms in total. The number of hydrogen-bond donors (Lipinski definition) is 0. The summed E-state index contributed by atoms with van der Waals surface area (Å²) in [7, 11) is -3.92.